The first kappa shape index (κ1) is 79.2. The Kier molecular flexibility index (Phi) is 46.0. The zero-order valence-corrected chi connectivity index (χ0v) is 53.8. The van der Waals surface area contributed by atoms with Crippen LogP contribution in [0.4, 0.5) is 0 Å². The molecule has 17 unspecified atom stereocenters. The van der Waals surface area contributed by atoms with E-state index in [1.165, 1.54) is 180 Å². The molecular weight excluding hydrogens is 1120 g/mol. The number of rotatable bonds is 53. The monoisotopic (exact) mass is 1240 g/mol. The largest absolute Gasteiger partial charge is 0.394 e. The maximum atomic E-state index is 13.4. The third-order valence-corrected chi connectivity index (χ3v) is 17.4. The first-order valence-corrected chi connectivity index (χ1v) is 34.7. The number of hydrogen-bond acceptors (Lipinski definition) is 18. The van der Waals surface area contributed by atoms with E-state index in [1.54, 1.807) is 6.08 Å². The van der Waals surface area contributed by atoms with E-state index < -0.39 is 124 Å². The van der Waals surface area contributed by atoms with E-state index in [2.05, 4.69) is 43.5 Å². The topological polar surface area (TPSA) is 307 Å². The first-order valence-electron chi connectivity index (χ1n) is 34.7. The summed E-state index contributed by atoms with van der Waals surface area (Å²) in [5.41, 5.74) is 0. The summed E-state index contributed by atoms with van der Waals surface area (Å²) >= 11 is 0. The highest BCUT2D eigenvalue weighted by molar-refractivity contribution is 5.76. The lowest BCUT2D eigenvalue weighted by molar-refractivity contribution is -0.379. The number of allylic oxidation sites excluding steroid dienone is 5. The summed E-state index contributed by atoms with van der Waals surface area (Å²) in [6.07, 6.45) is 31.2. The lowest BCUT2D eigenvalue weighted by atomic mass is 9.96. The van der Waals surface area contributed by atoms with E-state index in [9.17, 15) is 61.0 Å². The minimum absolute atomic E-state index is 0.236. The van der Waals surface area contributed by atoms with Gasteiger partial charge in [0.15, 0.2) is 18.9 Å². The fourth-order valence-corrected chi connectivity index (χ4v) is 11.8. The number of unbranched alkanes of at least 4 members (excludes halogenated alkanes) is 33. The average Bonchev–Trinajstić information content (AvgIpc) is 2.87. The zero-order chi connectivity index (χ0) is 63.3. The van der Waals surface area contributed by atoms with Crippen molar-refractivity contribution in [3.05, 3.63) is 36.5 Å². The van der Waals surface area contributed by atoms with E-state index in [-0.39, 0.29) is 18.9 Å². The van der Waals surface area contributed by atoms with Crippen molar-refractivity contribution in [1.82, 2.24) is 5.32 Å². The minimum Gasteiger partial charge on any atom is -0.394 e. The highest BCUT2D eigenvalue weighted by atomic mass is 16.8. The van der Waals surface area contributed by atoms with Crippen molar-refractivity contribution in [3.63, 3.8) is 0 Å². The van der Waals surface area contributed by atoms with Gasteiger partial charge in [-0.05, 0) is 44.9 Å². The van der Waals surface area contributed by atoms with Crippen LogP contribution >= 0.6 is 0 Å². The van der Waals surface area contributed by atoms with Crippen molar-refractivity contribution in [2.45, 2.75) is 362 Å². The summed E-state index contributed by atoms with van der Waals surface area (Å²) in [5, 5.41) is 120. The Balaban J connectivity index is 1.47. The molecular formula is C68H125NO18. The number of aliphatic hydroxyl groups excluding tert-OH is 11. The van der Waals surface area contributed by atoms with Gasteiger partial charge in [0, 0.05) is 6.42 Å². The van der Waals surface area contributed by atoms with Crippen molar-refractivity contribution >= 4 is 5.91 Å². The minimum atomic E-state index is -1.98. The maximum Gasteiger partial charge on any atom is 0.220 e. The van der Waals surface area contributed by atoms with Crippen molar-refractivity contribution in [2.75, 3.05) is 26.4 Å². The van der Waals surface area contributed by atoms with Gasteiger partial charge in [-0.3, -0.25) is 4.79 Å². The average molecular weight is 1240 g/mol. The van der Waals surface area contributed by atoms with Gasteiger partial charge in [-0.15, -0.1) is 0 Å². The van der Waals surface area contributed by atoms with Crippen LogP contribution in [0, 0.1) is 0 Å². The molecule has 0 aliphatic carbocycles. The molecule has 0 spiro atoms. The third kappa shape index (κ3) is 32.9. The Labute approximate surface area is 523 Å². The van der Waals surface area contributed by atoms with Crippen LogP contribution in [-0.4, -0.2) is 193 Å². The lowest BCUT2D eigenvalue weighted by Crippen LogP contribution is -2.66. The number of hydrogen-bond donors (Lipinski definition) is 12. The normalized spacial score (nSPS) is 28.8. The van der Waals surface area contributed by atoms with Gasteiger partial charge >= 0.3 is 0 Å². The molecule has 87 heavy (non-hydrogen) atoms. The molecule has 3 aliphatic rings. The van der Waals surface area contributed by atoms with Crippen LogP contribution in [0.5, 0.6) is 0 Å². The van der Waals surface area contributed by atoms with Crippen LogP contribution in [0.25, 0.3) is 0 Å². The Bertz CT molecular complexity index is 1720. The van der Waals surface area contributed by atoms with Crippen molar-refractivity contribution in [1.29, 1.82) is 0 Å². The molecule has 19 nitrogen and oxygen atoms in total. The number of nitrogens with one attached hydrogen (secondary N) is 1. The molecule has 3 rings (SSSR count). The van der Waals surface area contributed by atoms with Crippen LogP contribution in [0.15, 0.2) is 36.5 Å². The fourth-order valence-electron chi connectivity index (χ4n) is 11.8. The SMILES string of the molecule is CCCCCCCCCCCCCC/C=C/CC/C=C/CC/C=C/C(O)C(COC1OC(CO)C(OC2OC(CO)C(OC3OC(CO)C(O)C(O)C3O)C(O)C2O)C(O)C1O)NC(=O)CCCCCCCCCCCCCCCCCCCCCC. The number of aliphatic hydroxyl groups is 11. The van der Waals surface area contributed by atoms with Gasteiger partial charge in [-0.25, -0.2) is 0 Å². The molecule has 0 bridgehead atoms. The van der Waals surface area contributed by atoms with Crippen molar-refractivity contribution in [2.24, 2.45) is 0 Å². The molecule has 3 saturated heterocycles. The standard InChI is InChI=1S/C68H125NO18/c1-3-5-7-9-11-13-15-17-19-21-23-25-26-27-29-31-33-35-37-39-41-43-45-52(73)51(69-56(74)46-44-42-40-38-36-34-32-30-28-24-22-20-18-16-14-12-10-8-6-4-2)50-82-66-62(80)59(77)64(54(48-71)84-66)87-68-63(81)60(78)65(55(49-72)85-68)86-67-61(79)58(76)57(75)53(47-70)83-67/h27,29,35,37,43,45,51-55,57-68,70-73,75-81H,3-26,28,30-34,36,38-42,44,46-50H2,1-2H3,(H,69,74)/b29-27+,37-35+,45-43+. The summed E-state index contributed by atoms with van der Waals surface area (Å²) < 4.78 is 34.3. The van der Waals surface area contributed by atoms with Gasteiger partial charge in [0.25, 0.3) is 0 Å². The highest BCUT2D eigenvalue weighted by Crippen LogP contribution is 2.33. The van der Waals surface area contributed by atoms with Crippen LogP contribution in [0.1, 0.15) is 258 Å². The van der Waals surface area contributed by atoms with E-state index in [0.717, 1.165) is 44.9 Å². The van der Waals surface area contributed by atoms with Crippen LogP contribution in [0.3, 0.4) is 0 Å². The summed E-state index contributed by atoms with van der Waals surface area (Å²) in [7, 11) is 0. The van der Waals surface area contributed by atoms with E-state index in [4.69, 9.17) is 28.4 Å². The van der Waals surface area contributed by atoms with Gasteiger partial charge in [0.05, 0.1) is 38.6 Å². The molecule has 1 amide bonds. The third-order valence-electron chi connectivity index (χ3n) is 17.4. The molecule has 3 aliphatic heterocycles. The molecule has 12 N–H and O–H groups in total. The Morgan fingerprint density at radius 3 is 1.15 bits per heavy atom. The van der Waals surface area contributed by atoms with Crippen LogP contribution in [-0.2, 0) is 33.2 Å². The summed E-state index contributed by atoms with van der Waals surface area (Å²) in [6.45, 7) is 1.73. The molecule has 510 valence electrons. The molecule has 3 fully saturated rings. The van der Waals surface area contributed by atoms with Gasteiger partial charge in [-0.1, -0.05) is 243 Å². The van der Waals surface area contributed by atoms with Gasteiger partial charge in [0.2, 0.25) is 5.91 Å². The predicted molar refractivity (Wildman–Crippen MR) is 337 cm³/mol. The highest BCUT2D eigenvalue weighted by Gasteiger charge is 2.53. The number of amides is 1. The van der Waals surface area contributed by atoms with E-state index in [1.807, 2.05) is 6.08 Å². The maximum absolute atomic E-state index is 13.4. The van der Waals surface area contributed by atoms with Crippen molar-refractivity contribution < 1.29 is 89.4 Å². The van der Waals surface area contributed by atoms with Crippen molar-refractivity contribution in [3.8, 4) is 0 Å². The summed E-state index contributed by atoms with van der Waals surface area (Å²) in [6, 6.07) is -0.994. The second-order valence-electron chi connectivity index (χ2n) is 25.0. The first-order chi connectivity index (χ1) is 42.3. The molecule has 0 radical (unpaired) electrons. The Morgan fingerprint density at radius 2 is 0.736 bits per heavy atom. The Hall–Kier alpha value is -1.99. The summed E-state index contributed by atoms with van der Waals surface area (Å²) in [5.74, 6) is -0.286. The molecule has 0 aromatic heterocycles. The quantitative estimate of drug-likeness (QED) is 0.0200. The molecule has 17 atom stereocenters. The second-order valence-corrected chi connectivity index (χ2v) is 25.0. The zero-order valence-electron chi connectivity index (χ0n) is 53.8. The van der Waals surface area contributed by atoms with Gasteiger partial charge in [0.1, 0.15) is 73.2 Å². The van der Waals surface area contributed by atoms with E-state index in [0.29, 0.717) is 12.8 Å². The number of carbonyl (C=O) groups is 1. The molecule has 19 heteroatoms. The molecule has 0 aromatic carbocycles. The van der Waals surface area contributed by atoms with Gasteiger partial charge in [-0.2, -0.15) is 0 Å². The predicted octanol–water partition coefficient (Wildman–Crippen LogP) is 8.83. The number of ether oxygens (including phenoxy) is 6. The molecule has 0 aromatic rings. The summed E-state index contributed by atoms with van der Waals surface area (Å²) in [4.78, 5) is 13.4. The smallest absolute Gasteiger partial charge is 0.220 e. The van der Waals surface area contributed by atoms with Crippen LogP contribution < -0.4 is 5.32 Å². The van der Waals surface area contributed by atoms with Gasteiger partial charge < -0.3 is 89.9 Å². The fraction of sp³-hybridized carbons (Fsp3) is 0.897. The van der Waals surface area contributed by atoms with E-state index >= 15 is 0 Å². The lowest BCUT2D eigenvalue weighted by Gasteiger charge is -2.48. The van der Waals surface area contributed by atoms with Crippen LogP contribution in [0.2, 0.25) is 0 Å². The Morgan fingerprint density at radius 1 is 0.402 bits per heavy atom. The second kappa shape index (κ2) is 50.6. The molecule has 0 saturated carbocycles. The molecule has 3 heterocycles. The number of carbonyl (C=O) groups excluding carboxylic acids is 1.